The van der Waals surface area contributed by atoms with Crippen molar-refractivity contribution in [2.75, 3.05) is 0 Å². The van der Waals surface area contributed by atoms with Crippen LogP contribution in [0.3, 0.4) is 0 Å². The summed E-state index contributed by atoms with van der Waals surface area (Å²) < 4.78 is 0. The van der Waals surface area contributed by atoms with E-state index in [4.69, 9.17) is 0 Å². The van der Waals surface area contributed by atoms with Crippen molar-refractivity contribution >= 4 is 0 Å². The summed E-state index contributed by atoms with van der Waals surface area (Å²) >= 11 is 0. The molecule has 17 fully saturated rings. The predicted octanol–water partition coefficient (Wildman–Crippen LogP) is 24.3. The molecule has 0 N–H and O–H groups in total. The van der Waals surface area contributed by atoms with Gasteiger partial charge in [-0.2, -0.15) is 0 Å². The molecule has 17 atom stereocenters. The first-order valence-corrected chi connectivity index (χ1v) is 36.2. The number of rotatable bonds is 0. The van der Waals surface area contributed by atoms with Crippen LogP contribution in [0.4, 0.5) is 0 Å². The second kappa shape index (κ2) is 24.9. The summed E-state index contributed by atoms with van der Waals surface area (Å²) in [4.78, 5) is 0. The molecule has 0 aromatic carbocycles. The third-order valence-corrected chi connectivity index (χ3v) is 28.3. The van der Waals surface area contributed by atoms with Crippen molar-refractivity contribution < 1.29 is 0 Å². The Morgan fingerprint density at radius 3 is 1.06 bits per heavy atom. The zero-order chi connectivity index (χ0) is 56.2. The van der Waals surface area contributed by atoms with Crippen LogP contribution in [0, 0.1) is 163 Å². The van der Waals surface area contributed by atoms with Crippen molar-refractivity contribution in [3.8, 4) is 0 Å². The third kappa shape index (κ3) is 13.7. The molecule has 17 rings (SSSR count). The normalized spacial score (nSPS) is 45.0. The monoisotopic (exact) mass is 1070 g/mol. The third-order valence-electron chi connectivity index (χ3n) is 28.3. The van der Waals surface area contributed by atoms with Crippen molar-refractivity contribution in [2.45, 2.75) is 325 Å². The van der Waals surface area contributed by atoms with Crippen LogP contribution in [0.1, 0.15) is 325 Å². The Kier molecular flexibility index (Phi) is 20.4. The minimum Gasteiger partial charge on any atom is -0.0683 e. The van der Waals surface area contributed by atoms with E-state index in [-0.39, 0.29) is 0 Å². The number of hydrogen-bond acceptors (Lipinski definition) is 0. The molecule has 0 heterocycles. The zero-order valence-electron chi connectivity index (χ0n) is 56.2. The lowest BCUT2D eigenvalue weighted by Crippen LogP contribution is -2.49. The maximum Gasteiger partial charge on any atom is -0.0295 e. The zero-order valence-corrected chi connectivity index (χ0v) is 56.2. The van der Waals surface area contributed by atoms with E-state index >= 15 is 0 Å². The van der Waals surface area contributed by atoms with Gasteiger partial charge in [0.2, 0.25) is 0 Å². The molecule has 17 unspecified atom stereocenters. The summed E-state index contributed by atoms with van der Waals surface area (Å²) in [5, 5.41) is 0. The van der Waals surface area contributed by atoms with Crippen LogP contribution in [0.25, 0.3) is 0 Å². The molecule has 0 heteroatoms. The van der Waals surface area contributed by atoms with E-state index in [0.717, 1.165) is 130 Å². The van der Waals surface area contributed by atoms with Crippen LogP contribution >= 0.6 is 0 Å². The molecule has 77 heavy (non-hydrogen) atoms. The van der Waals surface area contributed by atoms with Gasteiger partial charge in [0, 0.05) is 0 Å². The summed E-state index contributed by atoms with van der Waals surface area (Å²) in [6.45, 7) is 47.3. The fraction of sp³-hybridized carbons (Fsp3) is 1.00. The Bertz CT molecular complexity index is 1750. The van der Waals surface area contributed by atoms with Gasteiger partial charge in [-0.3, -0.25) is 0 Å². The van der Waals surface area contributed by atoms with Gasteiger partial charge < -0.3 is 0 Å². The van der Waals surface area contributed by atoms with Crippen LogP contribution in [-0.2, 0) is 0 Å². The molecule has 17 saturated carbocycles. The Hall–Kier alpha value is 0. The quantitative estimate of drug-likeness (QED) is 0.227. The van der Waals surface area contributed by atoms with Crippen molar-refractivity contribution in [3.63, 3.8) is 0 Å². The molecule has 448 valence electrons. The van der Waals surface area contributed by atoms with Gasteiger partial charge in [-0.25, -0.2) is 0 Å². The van der Waals surface area contributed by atoms with Gasteiger partial charge in [0.05, 0.1) is 0 Å². The average molecular weight is 1070 g/mol. The summed E-state index contributed by atoms with van der Waals surface area (Å²) in [5.74, 6) is 24.4. The number of hydrogen-bond donors (Lipinski definition) is 0. The van der Waals surface area contributed by atoms with E-state index < -0.39 is 0 Å². The van der Waals surface area contributed by atoms with Gasteiger partial charge in [0.15, 0.2) is 0 Å². The predicted molar refractivity (Wildman–Crippen MR) is 339 cm³/mol. The molecule has 0 spiro atoms. The number of fused-ring (bicyclic) bond motifs is 12. The molecule has 0 radical (unpaired) electrons. The lowest BCUT2D eigenvalue weighted by atomic mass is 9.46. The van der Waals surface area contributed by atoms with Crippen LogP contribution in [0.5, 0.6) is 0 Å². The lowest BCUT2D eigenvalue weighted by Gasteiger charge is -2.59. The topological polar surface area (TPSA) is 0 Å². The van der Waals surface area contributed by atoms with E-state index in [2.05, 4.69) is 111 Å². The molecule has 0 aromatic heterocycles. The van der Waals surface area contributed by atoms with Crippen LogP contribution in [0.15, 0.2) is 0 Å². The van der Waals surface area contributed by atoms with Crippen molar-refractivity contribution in [2.24, 2.45) is 163 Å². The van der Waals surface area contributed by atoms with Crippen LogP contribution in [-0.4, -0.2) is 0 Å². The maximum absolute atomic E-state index is 2.53. The molecular weight excluding hydrogens is 925 g/mol. The molecule has 0 nitrogen and oxygen atoms in total. The summed E-state index contributed by atoms with van der Waals surface area (Å²) in [5.41, 5.74) is 3.72. The van der Waals surface area contributed by atoms with Crippen LogP contribution in [0.2, 0.25) is 0 Å². The van der Waals surface area contributed by atoms with E-state index in [9.17, 15) is 0 Å². The average Bonchev–Trinajstić information content (AvgIpc) is 4.32. The molecule has 0 aliphatic heterocycles. The van der Waals surface area contributed by atoms with Gasteiger partial charge in [0.1, 0.15) is 0 Å². The first kappa shape index (κ1) is 63.0. The van der Waals surface area contributed by atoms with Crippen molar-refractivity contribution in [3.05, 3.63) is 0 Å². The van der Waals surface area contributed by atoms with E-state index in [1.165, 1.54) is 70.1 Å². The highest BCUT2D eigenvalue weighted by Gasteiger charge is 2.59. The first-order valence-electron chi connectivity index (χ1n) is 36.2. The Balaban J connectivity index is 0.000000121. The Labute approximate surface area is 484 Å². The van der Waals surface area contributed by atoms with Gasteiger partial charge >= 0.3 is 0 Å². The van der Waals surface area contributed by atoms with E-state index in [1.807, 2.05) is 27.7 Å². The molecule has 17 aliphatic carbocycles. The molecule has 0 saturated heterocycles. The van der Waals surface area contributed by atoms with E-state index in [0.29, 0.717) is 27.1 Å². The highest BCUT2D eigenvalue weighted by atomic mass is 14.6. The van der Waals surface area contributed by atoms with Crippen molar-refractivity contribution in [1.82, 2.24) is 0 Å². The summed E-state index contributed by atoms with van der Waals surface area (Å²) in [6.07, 6.45) is 44.9. The van der Waals surface area contributed by atoms with E-state index in [1.54, 1.807) is 122 Å². The summed E-state index contributed by atoms with van der Waals surface area (Å²) in [6, 6.07) is 0. The van der Waals surface area contributed by atoms with Gasteiger partial charge in [0.25, 0.3) is 0 Å². The van der Waals surface area contributed by atoms with Crippen LogP contribution < -0.4 is 0 Å². The maximum atomic E-state index is 2.53. The second-order valence-corrected chi connectivity index (χ2v) is 36.8. The van der Waals surface area contributed by atoms with Gasteiger partial charge in [-0.1, -0.05) is 183 Å². The molecular formula is C77H140. The standard InChI is InChI=1S/C15H26.C14H24.C12H20.C11H18.C11H20.C10H20.2C2H6/c1-15(2,3)14-9-10-8-13(14)12-7-5-4-6-11(10)12;1-14(2,3)13-8-9-7-12(13)11-6-4-5-10(9)11;1-12(2)10-4-8-3-9(6-10)7-11(12)5-8;1-11(2)9-4-7-3-8(6-9)10(11)5-7;1-11(2,3)10-7-8-4-5-9(10)6-8;1-10(2,3)9-7-5-4-6-8-9;2*1-2/h10-14H,4-9H2,1-3H3;9-13H,4-8H2,1-3H3;8-11H,3-7H2,1-2H3;7-10H,3-6H2,1-2H3;8-10H,4-7H2,1-3H3;9H,4-8H2,1-3H3;2*1-2H3. The fourth-order valence-corrected chi connectivity index (χ4v) is 24.4. The van der Waals surface area contributed by atoms with Gasteiger partial charge in [-0.05, 0) is 304 Å². The highest BCUT2D eigenvalue weighted by molar-refractivity contribution is 5.09. The largest absolute Gasteiger partial charge is 0.0683 e. The smallest absolute Gasteiger partial charge is 0.0295 e. The second-order valence-electron chi connectivity index (χ2n) is 36.8. The molecule has 0 amide bonds. The minimum absolute atomic E-state index is 0.570. The summed E-state index contributed by atoms with van der Waals surface area (Å²) in [7, 11) is 0. The van der Waals surface area contributed by atoms with Gasteiger partial charge in [-0.15, -0.1) is 0 Å². The molecule has 0 aromatic rings. The fourth-order valence-electron chi connectivity index (χ4n) is 24.4. The lowest BCUT2D eigenvalue weighted by molar-refractivity contribution is -0.0876. The molecule has 14 bridgehead atoms. The highest BCUT2D eigenvalue weighted by Crippen LogP contribution is 2.68. The Morgan fingerprint density at radius 2 is 0.675 bits per heavy atom. The SMILES string of the molecule is CC.CC.CC(C)(C)C1CC2CC1C1CCCC21.CC(C)(C)C1CC2CC1C1CCCCC21.CC(C)(C)C1CC2CCC1C2.CC(C)(C)C1CCCCC1.CC1(C)C2CC3CC(C2)C1C3.CC1(C)C2CC3CC(C2)CC1C3. The first-order chi connectivity index (χ1) is 36.2. The Morgan fingerprint density at radius 1 is 0.260 bits per heavy atom. The molecule has 17 aliphatic rings. The van der Waals surface area contributed by atoms with Crippen molar-refractivity contribution in [1.29, 1.82) is 0 Å². The minimum atomic E-state index is 0.570.